The largest absolute Gasteiger partial charge is 0.530 e. The van der Waals surface area contributed by atoms with E-state index in [0.717, 1.165) is 30.3 Å². The average Bonchev–Trinajstić information content (AvgIpc) is 2.57. The number of rotatable bonds is 4. The van der Waals surface area contributed by atoms with E-state index >= 15 is 0 Å². The minimum absolute atomic E-state index is 0.0225. The smallest absolute Gasteiger partial charge is 0.404 e. The molecule has 1 aliphatic heterocycles. The van der Waals surface area contributed by atoms with Crippen LogP contribution in [0.25, 0.3) is 0 Å². The highest BCUT2D eigenvalue weighted by molar-refractivity contribution is 7.49. The number of benzene rings is 2. The van der Waals surface area contributed by atoms with Gasteiger partial charge in [0.2, 0.25) is 0 Å². The summed E-state index contributed by atoms with van der Waals surface area (Å²) in [6, 6.07) is 7.66. The second-order valence-electron chi connectivity index (χ2n) is 5.17. The molecule has 0 unspecified atom stereocenters. The van der Waals surface area contributed by atoms with Gasteiger partial charge in [0.15, 0.2) is 0 Å². The maximum absolute atomic E-state index is 13.9. The standard InChI is InChI=1S/C15H12F2NO6P/c16-10-1-6-14(17)13(9-10)15-7-8-22-25(21,24-15)23-12-4-2-11(3-5-12)18(19)20/h1-6,9,15H,7-8H2/t15-,25-/m0/s1. The second kappa shape index (κ2) is 6.87. The van der Waals surface area contributed by atoms with Crippen molar-refractivity contribution in [2.45, 2.75) is 12.5 Å². The summed E-state index contributed by atoms with van der Waals surface area (Å²) in [6.45, 7) is -0.0507. The maximum atomic E-state index is 13.9. The highest BCUT2D eigenvalue weighted by atomic mass is 31.2. The number of hydrogen-bond acceptors (Lipinski definition) is 6. The summed E-state index contributed by atoms with van der Waals surface area (Å²) in [7, 11) is -4.09. The van der Waals surface area contributed by atoms with Crippen LogP contribution in [0.3, 0.4) is 0 Å². The Bertz CT molecular complexity index is 844. The van der Waals surface area contributed by atoms with Gasteiger partial charge in [0.05, 0.1) is 11.5 Å². The maximum Gasteiger partial charge on any atom is 0.530 e. The normalized spacial score (nSPS) is 23.2. The van der Waals surface area contributed by atoms with E-state index in [2.05, 4.69) is 0 Å². The molecule has 0 aromatic heterocycles. The van der Waals surface area contributed by atoms with Crippen molar-refractivity contribution in [3.8, 4) is 5.75 Å². The van der Waals surface area contributed by atoms with Gasteiger partial charge in [-0.05, 0) is 30.3 Å². The van der Waals surface area contributed by atoms with E-state index in [1.165, 1.54) is 12.1 Å². The Kier molecular flexibility index (Phi) is 4.80. The lowest BCUT2D eigenvalue weighted by Crippen LogP contribution is -2.17. The highest BCUT2D eigenvalue weighted by Crippen LogP contribution is 2.56. The Morgan fingerprint density at radius 1 is 1.20 bits per heavy atom. The second-order valence-corrected chi connectivity index (χ2v) is 6.72. The van der Waals surface area contributed by atoms with Gasteiger partial charge in [0.1, 0.15) is 23.5 Å². The van der Waals surface area contributed by atoms with Crippen LogP contribution in [0.1, 0.15) is 18.1 Å². The summed E-state index contributed by atoms with van der Waals surface area (Å²) >= 11 is 0. The first-order chi connectivity index (χ1) is 11.9. The third-order valence-electron chi connectivity index (χ3n) is 3.46. The number of halogens is 2. The van der Waals surface area contributed by atoms with E-state index in [9.17, 15) is 23.5 Å². The van der Waals surface area contributed by atoms with E-state index in [1.807, 2.05) is 0 Å². The molecule has 132 valence electrons. The monoisotopic (exact) mass is 371 g/mol. The van der Waals surface area contributed by atoms with Gasteiger partial charge >= 0.3 is 7.82 Å². The van der Waals surface area contributed by atoms with Gasteiger partial charge in [0, 0.05) is 24.1 Å². The van der Waals surface area contributed by atoms with Crippen LogP contribution >= 0.6 is 7.82 Å². The van der Waals surface area contributed by atoms with Crippen molar-refractivity contribution in [2.75, 3.05) is 6.61 Å². The zero-order valence-corrected chi connectivity index (χ0v) is 13.5. The third kappa shape index (κ3) is 4.01. The molecule has 0 saturated carbocycles. The Morgan fingerprint density at radius 2 is 1.92 bits per heavy atom. The van der Waals surface area contributed by atoms with E-state index in [4.69, 9.17) is 13.6 Å². The topological polar surface area (TPSA) is 87.9 Å². The minimum Gasteiger partial charge on any atom is -0.404 e. The molecular weight excluding hydrogens is 359 g/mol. The van der Waals surface area contributed by atoms with Crippen LogP contribution in [-0.2, 0) is 13.6 Å². The van der Waals surface area contributed by atoms with Crippen molar-refractivity contribution in [1.29, 1.82) is 0 Å². The lowest BCUT2D eigenvalue weighted by atomic mass is 10.1. The van der Waals surface area contributed by atoms with Crippen molar-refractivity contribution >= 4 is 13.5 Å². The predicted octanol–water partition coefficient (Wildman–Crippen LogP) is 4.54. The number of hydrogen-bond donors (Lipinski definition) is 0. The molecule has 1 fully saturated rings. The van der Waals surface area contributed by atoms with Crippen LogP contribution in [-0.4, -0.2) is 11.5 Å². The van der Waals surface area contributed by atoms with E-state index in [-0.39, 0.29) is 30.0 Å². The van der Waals surface area contributed by atoms with Crippen LogP contribution < -0.4 is 4.52 Å². The molecule has 1 saturated heterocycles. The van der Waals surface area contributed by atoms with Crippen LogP contribution in [0.4, 0.5) is 14.5 Å². The van der Waals surface area contributed by atoms with Crippen molar-refractivity contribution in [3.05, 3.63) is 69.8 Å². The molecule has 2 atom stereocenters. The van der Waals surface area contributed by atoms with Gasteiger partial charge in [-0.2, -0.15) is 0 Å². The fraction of sp³-hybridized carbons (Fsp3) is 0.200. The number of nitro benzene ring substituents is 1. The first kappa shape index (κ1) is 17.5. The van der Waals surface area contributed by atoms with Gasteiger partial charge < -0.3 is 4.52 Å². The molecule has 0 radical (unpaired) electrons. The van der Waals surface area contributed by atoms with Crippen molar-refractivity contribution < 1.29 is 31.8 Å². The molecule has 0 N–H and O–H groups in total. The molecule has 1 heterocycles. The lowest BCUT2D eigenvalue weighted by Gasteiger charge is -2.29. The molecule has 0 aliphatic carbocycles. The van der Waals surface area contributed by atoms with Crippen molar-refractivity contribution in [2.24, 2.45) is 0 Å². The number of nitro groups is 1. The summed E-state index contributed by atoms with van der Waals surface area (Å²) < 4.78 is 55.2. The zero-order valence-electron chi connectivity index (χ0n) is 12.6. The van der Waals surface area contributed by atoms with Gasteiger partial charge in [-0.3, -0.25) is 19.2 Å². The Balaban J connectivity index is 1.78. The number of non-ortho nitro benzene ring substituents is 1. The first-order valence-electron chi connectivity index (χ1n) is 7.18. The van der Waals surface area contributed by atoms with E-state index < -0.39 is 30.5 Å². The molecule has 7 nitrogen and oxygen atoms in total. The van der Waals surface area contributed by atoms with Gasteiger partial charge in [-0.1, -0.05) is 0 Å². The Labute approximate surface area is 140 Å². The Morgan fingerprint density at radius 3 is 2.60 bits per heavy atom. The summed E-state index contributed by atoms with van der Waals surface area (Å²) in [6.07, 6.45) is -0.845. The molecular formula is C15H12F2NO6P. The van der Waals surface area contributed by atoms with Gasteiger partial charge in [0.25, 0.3) is 5.69 Å². The molecule has 10 heteroatoms. The summed E-state index contributed by atoms with van der Waals surface area (Å²) in [5.74, 6) is -1.33. The number of phosphoric acid groups is 1. The van der Waals surface area contributed by atoms with Crippen LogP contribution in [0.15, 0.2) is 42.5 Å². The molecule has 2 aromatic carbocycles. The highest BCUT2D eigenvalue weighted by Gasteiger charge is 2.38. The third-order valence-corrected chi connectivity index (χ3v) is 4.90. The fourth-order valence-electron chi connectivity index (χ4n) is 2.29. The zero-order chi connectivity index (χ0) is 18.0. The van der Waals surface area contributed by atoms with Crippen LogP contribution in [0.2, 0.25) is 0 Å². The first-order valence-corrected chi connectivity index (χ1v) is 8.64. The molecule has 1 aliphatic rings. The molecule has 0 bridgehead atoms. The van der Waals surface area contributed by atoms with Gasteiger partial charge in [-0.15, -0.1) is 0 Å². The van der Waals surface area contributed by atoms with Crippen molar-refractivity contribution in [3.63, 3.8) is 0 Å². The lowest BCUT2D eigenvalue weighted by molar-refractivity contribution is -0.384. The van der Waals surface area contributed by atoms with Crippen LogP contribution in [0.5, 0.6) is 5.75 Å². The van der Waals surface area contributed by atoms with Gasteiger partial charge in [-0.25, -0.2) is 13.3 Å². The predicted molar refractivity (Wildman–Crippen MR) is 82.1 cm³/mol. The molecule has 2 aromatic rings. The molecule has 25 heavy (non-hydrogen) atoms. The van der Waals surface area contributed by atoms with Crippen LogP contribution in [0, 0.1) is 21.7 Å². The summed E-state index contributed by atoms with van der Waals surface area (Å²) in [5, 5.41) is 10.6. The number of phosphoric ester groups is 1. The average molecular weight is 371 g/mol. The summed E-state index contributed by atoms with van der Waals surface area (Å²) in [4.78, 5) is 10.0. The molecule has 0 spiro atoms. The molecule has 3 rings (SSSR count). The quantitative estimate of drug-likeness (QED) is 0.445. The minimum atomic E-state index is -4.09. The van der Waals surface area contributed by atoms with E-state index in [1.54, 1.807) is 0 Å². The fourth-order valence-corrected chi connectivity index (χ4v) is 3.69. The van der Waals surface area contributed by atoms with E-state index in [0.29, 0.717) is 0 Å². The number of nitrogens with zero attached hydrogens (tertiary/aromatic N) is 1. The summed E-state index contributed by atoms with van der Waals surface area (Å²) in [5.41, 5.74) is -0.258. The van der Waals surface area contributed by atoms with Crippen molar-refractivity contribution in [1.82, 2.24) is 0 Å². The molecule has 0 amide bonds. The SMILES string of the molecule is O=[N+]([O-])c1ccc(O[P@]2(=O)OCC[C@@H](c3cc(F)ccc3F)O2)cc1. The Hall–Kier alpha value is -2.35.